The van der Waals surface area contributed by atoms with Gasteiger partial charge in [-0.25, -0.2) is 0 Å². The molecule has 0 fully saturated rings. The number of benzene rings is 2. The summed E-state index contributed by atoms with van der Waals surface area (Å²) >= 11 is 0. The SMILES string of the molecule is CCC1c2cc3[nH]c4c(c5nc(cc6[nH]c(cc(n2)C1C)c(C(C)NCc1cc(C(F)(F)F)cc(C(F)(F)F)c1)c6C)[C@@H](C)C5C)C(=O)N(Cc1cc(C(F)(F)F)cc(C(F)(F)F)c1)C(=O)c4c3C. The molecule has 0 saturated carbocycles. The number of nitrogens with zero attached hydrogens (tertiary/aromatic N) is 3. The minimum absolute atomic E-state index is 0.0195. The number of nitrogens with one attached hydrogen (secondary N) is 3. The number of carbonyl (C=O) groups excluding carboxylic acids is 2. The zero-order chi connectivity index (χ0) is 50.6. The van der Waals surface area contributed by atoms with Crippen molar-refractivity contribution in [2.24, 2.45) is 0 Å². The van der Waals surface area contributed by atoms with E-state index in [2.05, 4.69) is 15.3 Å². The second kappa shape index (κ2) is 17.0. The Morgan fingerprint density at radius 2 is 1.07 bits per heavy atom. The third-order valence-electron chi connectivity index (χ3n) is 13.7. The highest BCUT2D eigenvalue weighted by Gasteiger charge is 2.43. The fourth-order valence-electron chi connectivity index (χ4n) is 9.71. The Hall–Kier alpha value is -6.18. The molecule has 3 aliphatic heterocycles. The minimum atomic E-state index is -5.19. The number of rotatable bonds is 7. The van der Waals surface area contributed by atoms with Crippen molar-refractivity contribution in [3.8, 4) is 0 Å². The van der Waals surface area contributed by atoms with Crippen molar-refractivity contribution < 1.29 is 62.3 Å². The number of fused-ring (bicyclic) bond motifs is 8. The van der Waals surface area contributed by atoms with Crippen molar-refractivity contribution in [3.63, 3.8) is 0 Å². The standard InChI is InChI=1S/C49H44F12N6O2/c1-8-32-22(4)34-17-38-39(25(7)62-18-26-9-28(46(50,51)52)13-29(10-26)47(53,54)55)23(5)35(64-38)15-33-20(2)21(3)42(65-33)41-43-40(24(6)36(66-43)16-37(32)63-34)44(68)67(45(41)69)19-27-11-30(48(56,57)58)14-31(12-27)49(59,60)61/h9-17,20-22,25,32,62,64,66H,8,18-19H2,1-7H3/t20-,21?,22?,25?,32?/m0/s1. The number of hydrogen-bond acceptors (Lipinski definition) is 5. The first-order valence-electron chi connectivity index (χ1n) is 21.9. The molecule has 0 spiro atoms. The highest BCUT2D eigenvalue weighted by molar-refractivity contribution is 6.23. The Morgan fingerprint density at radius 1 is 0.594 bits per heavy atom. The molecule has 69 heavy (non-hydrogen) atoms. The topological polar surface area (TPSA) is 107 Å². The largest absolute Gasteiger partial charge is 0.416 e. The van der Waals surface area contributed by atoms with Crippen LogP contribution in [0.5, 0.6) is 0 Å². The van der Waals surface area contributed by atoms with E-state index in [-0.39, 0.29) is 58.4 Å². The number of halogens is 12. The van der Waals surface area contributed by atoms with Crippen LogP contribution in [0.15, 0.2) is 54.6 Å². The summed E-state index contributed by atoms with van der Waals surface area (Å²) in [5.41, 5.74) is -2.15. The molecule has 8 rings (SSSR count). The van der Waals surface area contributed by atoms with E-state index in [1.165, 1.54) is 0 Å². The van der Waals surface area contributed by atoms with E-state index in [4.69, 9.17) is 9.97 Å². The van der Waals surface area contributed by atoms with Crippen LogP contribution in [-0.4, -0.2) is 36.7 Å². The van der Waals surface area contributed by atoms with Crippen LogP contribution in [0.25, 0.3) is 22.1 Å². The molecule has 2 aromatic carbocycles. The van der Waals surface area contributed by atoms with Crippen LogP contribution in [0.3, 0.4) is 0 Å². The van der Waals surface area contributed by atoms with Gasteiger partial charge >= 0.3 is 24.7 Å². The van der Waals surface area contributed by atoms with Gasteiger partial charge < -0.3 is 15.3 Å². The number of aromatic nitrogens is 4. The number of imide groups is 1. The molecule has 3 aromatic heterocycles. The van der Waals surface area contributed by atoms with E-state index in [1.54, 1.807) is 39.8 Å². The number of aryl methyl sites for hydroxylation is 2. The number of aromatic amines is 2. The van der Waals surface area contributed by atoms with E-state index in [0.717, 1.165) is 0 Å². The first-order valence-corrected chi connectivity index (χ1v) is 21.9. The molecule has 366 valence electrons. The summed E-state index contributed by atoms with van der Waals surface area (Å²) in [4.78, 5) is 46.5. The summed E-state index contributed by atoms with van der Waals surface area (Å²) in [7, 11) is 0. The maximum atomic E-state index is 14.8. The van der Waals surface area contributed by atoms with Gasteiger partial charge in [-0.2, -0.15) is 52.7 Å². The lowest BCUT2D eigenvalue weighted by atomic mass is 9.88. The van der Waals surface area contributed by atoms with Gasteiger partial charge in [0, 0.05) is 69.9 Å². The molecule has 3 aliphatic rings. The number of H-pyrrole nitrogens is 2. The third-order valence-corrected chi connectivity index (χ3v) is 13.7. The van der Waals surface area contributed by atoms with Crippen molar-refractivity contribution in [3.05, 3.63) is 139 Å². The molecule has 5 aromatic rings. The average molecular weight is 977 g/mol. The summed E-state index contributed by atoms with van der Waals surface area (Å²) in [5.74, 6) is -3.34. The average Bonchev–Trinajstić information content (AvgIpc) is 3.93. The lowest BCUT2D eigenvalue weighted by Crippen LogP contribution is -2.40. The summed E-state index contributed by atoms with van der Waals surface area (Å²) in [5, 5.41) is 3.11. The van der Waals surface area contributed by atoms with Gasteiger partial charge in [-0.1, -0.05) is 27.7 Å². The second-order valence-corrected chi connectivity index (χ2v) is 18.1. The lowest BCUT2D eigenvalue weighted by Gasteiger charge is -2.27. The molecular formula is C49H44F12N6O2. The van der Waals surface area contributed by atoms with Crippen molar-refractivity contribution in [1.82, 2.24) is 30.2 Å². The first kappa shape index (κ1) is 49.2. The maximum absolute atomic E-state index is 14.8. The molecule has 2 amide bonds. The summed E-state index contributed by atoms with van der Waals surface area (Å²) < 4.78 is 166. The van der Waals surface area contributed by atoms with Gasteiger partial charge in [-0.3, -0.25) is 24.5 Å². The molecule has 20 heteroatoms. The fraction of sp³-hybridized carbons (Fsp3) is 0.388. The Labute approximate surface area is 386 Å². The van der Waals surface area contributed by atoms with Crippen LogP contribution in [-0.2, 0) is 37.8 Å². The Kier molecular flexibility index (Phi) is 12.2. The van der Waals surface area contributed by atoms with Crippen LogP contribution in [0.4, 0.5) is 52.7 Å². The molecule has 3 N–H and O–H groups in total. The fourth-order valence-corrected chi connectivity index (χ4v) is 9.71. The van der Waals surface area contributed by atoms with Crippen molar-refractivity contribution in [2.45, 2.75) is 122 Å². The van der Waals surface area contributed by atoms with E-state index in [0.29, 0.717) is 85.9 Å². The van der Waals surface area contributed by atoms with E-state index in [9.17, 15) is 62.3 Å². The van der Waals surface area contributed by atoms with Gasteiger partial charge in [-0.05, 0) is 110 Å². The molecule has 6 heterocycles. The Bertz CT molecular complexity index is 3020. The highest BCUT2D eigenvalue weighted by Crippen LogP contribution is 2.45. The van der Waals surface area contributed by atoms with Crippen LogP contribution in [0.2, 0.25) is 0 Å². The summed E-state index contributed by atoms with van der Waals surface area (Å²) in [6.45, 7) is 11.3. The second-order valence-electron chi connectivity index (χ2n) is 18.1. The van der Waals surface area contributed by atoms with Gasteiger partial charge in [0.2, 0.25) is 0 Å². The molecule has 5 atom stereocenters. The highest BCUT2D eigenvalue weighted by atomic mass is 19.4. The third kappa shape index (κ3) is 9.00. The van der Waals surface area contributed by atoms with Gasteiger partial charge in [0.05, 0.1) is 51.1 Å². The molecule has 4 unspecified atom stereocenters. The predicted molar refractivity (Wildman–Crippen MR) is 231 cm³/mol. The zero-order valence-electron chi connectivity index (χ0n) is 37.9. The molecule has 0 radical (unpaired) electrons. The molecule has 8 bridgehead atoms. The van der Waals surface area contributed by atoms with Gasteiger partial charge in [0.15, 0.2) is 0 Å². The van der Waals surface area contributed by atoms with Crippen molar-refractivity contribution in [1.29, 1.82) is 0 Å². The lowest BCUT2D eigenvalue weighted by molar-refractivity contribution is -0.144. The van der Waals surface area contributed by atoms with E-state index in [1.807, 2.05) is 26.8 Å². The number of carbonyl (C=O) groups is 2. The Balaban J connectivity index is 1.33. The van der Waals surface area contributed by atoms with Gasteiger partial charge in [0.1, 0.15) is 0 Å². The van der Waals surface area contributed by atoms with Gasteiger partial charge in [-0.15, -0.1) is 0 Å². The van der Waals surface area contributed by atoms with Crippen LogP contribution in [0, 0.1) is 13.8 Å². The number of amides is 2. The minimum Gasteiger partial charge on any atom is -0.355 e. The normalized spacial score (nSPS) is 19.4. The Morgan fingerprint density at radius 3 is 1.61 bits per heavy atom. The van der Waals surface area contributed by atoms with E-state index < -0.39 is 88.8 Å². The number of alkyl halides is 12. The van der Waals surface area contributed by atoms with Crippen LogP contribution >= 0.6 is 0 Å². The summed E-state index contributed by atoms with van der Waals surface area (Å²) in [6.07, 6.45) is -19.9. The predicted octanol–water partition coefficient (Wildman–Crippen LogP) is 13.9. The number of hydrogen-bond donors (Lipinski definition) is 3. The first-order chi connectivity index (χ1) is 32.0. The van der Waals surface area contributed by atoms with E-state index >= 15 is 0 Å². The molecule has 8 nitrogen and oxygen atoms in total. The smallest absolute Gasteiger partial charge is 0.355 e. The summed E-state index contributed by atoms with van der Waals surface area (Å²) in [6, 6.07) is 6.90. The zero-order valence-corrected chi connectivity index (χ0v) is 37.9. The van der Waals surface area contributed by atoms with Crippen molar-refractivity contribution >= 4 is 33.9 Å². The monoisotopic (exact) mass is 976 g/mol. The van der Waals surface area contributed by atoms with Crippen molar-refractivity contribution in [2.75, 3.05) is 0 Å². The quantitative estimate of drug-likeness (QED) is 0.111. The maximum Gasteiger partial charge on any atom is 0.416 e. The molecule has 0 aliphatic carbocycles. The van der Waals surface area contributed by atoms with Crippen LogP contribution < -0.4 is 5.32 Å². The van der Waals surface area contributed by atoms with Gasteiger partial charge in [0.25, 0.3) is 11.8 Å². The van der Waals surface area contributed by atoms with Crippen LogP contribution in [0.1, 0.15) is 164 Å². The molecule has 0 saturated heterocycles. The molecular weight excluding hydrogens is 933 g/mol.